The molecule has 17 heavy (non-hydrogen) atoms. The number of carboxylic acids is 1. The van der Waals surface area contributed by atoms with Crippen molar-refractivity contribution in [1.29, 1.82) is 0 Å². The number of anilines is 1. The molecule has 3 nitrogen and oxygen atoms in total. The smallest absolute Gasteiger partial charge is 0.306 e. The molecule has 1 N–H and O–H groups in total. The van der Waals surface area contributed by atoms with E-state index in [1.165, 1.54) is 16.8 Å². The number of nitrogens with zero attached hydrogens (tertiary/aromatic N) is 1. The second kappa shape index (κ2) is 4.40. The Morgan fingerprint density at radius 2 is 2.12 bits per heavy atom. The SMILES string of the molecule is Cc1ccc(N(C)CC2CC2C(=O)O)cc1C. The molecule has 0 aliphatic heterocycles. The third kappa shape index (κ3) is 2.60. The predicted octanol–water partition coefficient (Wildman–Crippen LogP) is 2.46. The van der Waals surface area contributed by atoms with E-state index >= 15 is 0 Å². The number of rotatable bonds is 4. The van der Waals surface area contributed by atoms with Gasteiger partial charge in [0.05, 0.1) is 5.92 Å². The van der Waals surface area contributed by atoms with Gasteiger partial charge >= 0.3 is 5.97 Å². The Morgan fingerprint density at radius 3 is 2.65 bits per heavy atom. The van der Waals surface area contributed by atoms with Crippen molar-refractivity contribution < 1.29 is 9.90 Å². The highest BCUT2D eigenvalue weighted by Crippen LogP contribution is 2.39. The van der Waals surface area contributed by atoms with E-state index in [4.69, 9.17) is 5.11 Å². The summed E-state index contributed by atoms with van der Waals surface area (Å²) in [4.78, 5) is 12.9. The summed E-state index contributed by atoms with van der Waals surface area (Å²) in [6.07, 6.45) is 0.824. The van der Waals surface area contributed by atoms with Crippen molar-refractivity contribution in [1.82, 2.24) is 0 Å². The molecule has 0 spiro atoms. The van der Waals surface area contributed by atoms with Gasteiger partial charge in [-0.2, -0.15) is 0 Å². The van der Waals surface area contributed by atoms with Crippen LogP contribution < -0.4 is 4.90 Å². The van der Waals surface area contributed by atoms with E-state index < -0.39 is 5.97 Å². The zero-order valence-corrected chi connectivity index (χ0v) is 10.6. The van der Waals surface area contributed by atoms with Crippen molar-refractivity contribution >= 4 is 11.7 Å². The van der Waals surface area contributed by atoms with Crippen molar-refractivity contribution in [3.05, 3.63) is 29.3 Å². The fourth-order valence-electron chi connectivity index (χ4n) is 2.17. The van der Waals surface area contributed by atoms with E-state index in [-0.39, 0.29) is 5.92 Å². The third-order valence-electron chi connectivity index (χ3n) is 3.68. The molecule has 2 rings (SSSR count). The lowest BCUT2D eigenvalue weighted by Gasteiger charge is -2.20. The summed E-state index contributed by atoms with van der Waals surface area (Å²) in [6.45, 7) is 5.03. The number of hydrogen-bond donors (Lipinski definition) is 1. The van der Waals surface area contributed by atoms with Crippen LogP contribution in [0.1, 0.15) is 17.5 Å². The number of hydrogen-bond acceptors (Lipinski definition) is 2. The third-order valence-corrected chi connectivity index (χ3v) is 3.68. The van der Waals surface area contributed by atoms with Gasteiger partial charge in [0, 0.05) is 19.3 Å². The molecule has 1 aromatic carbocycles. The predicted molar refractivity (Wildman–Crippen MR) is 68.4 cm³/mol. The highest BCUT2D eigenvalue weighted by atomic mass is 16.4. The summed E-state index contributed by atoms with van der Waals surface area (Å²) >= 11 is 0. The maximum absolute atomic E-state index is 10.8. The maximum atomic E-state index is 10.8. The van der Waals surface area contributed by atoms with Crippen molar-refractivity contribution in [3.8, 4) is 0 Å². The van der Waals surface area contributed by atoms with Gasteiger partial charge in [-0.15, -0.1) is 0 Å². The Kier molecular flexibility index (Phi) is 3.09. The number of carbonyl (C=O) groups is 1. The van der Waals surface area contributed by atoms with Gasteiger partial charge in [0.25, 0.3) is 0 Å². The van der Waals surface area contributed by atoms with Crippen LogP contribution in [-0.4, -0.2) is 24.7 Å². The van der Waals surface area contributed by atoms with Gasteiger partial charge in [-0.1, -0.05) is 6.07 Å². The van der Waals surface area contributed by atoms with Crippen LogP contribution in [-0.2, 0) is 4.79 Å². The zero-order chi connectivity index (χ0) is 12.6. The first-order chi connectivity index (χ1) is 7.99. The van der Waals surface area contributed by atoms with Crippen LogP contribution in [0.25, 0.3) is 0 Å². The van der Waals surface area contributed by atoms with Gasteiger partial charge in [-0.3, -0.25) is 4.79 Å². The van der Waals surface area contributed by atoms with Crippen LogP contribution >= 0.6 is 0 Å². The van der Waals surface area contributed by atoms with Crippen LogP contribution in [0.4, 0.5) is 5.69 Å². The van der Waals surface area contributed by atoms with E-state index in [2.05, 4.69) is 36.9 Å². The lowest BCUT2D eigenvalue weighted by atomic mass is 10.1. The molecule has 1 fully saturated rings. The molecule has 2 unspecified atom stereocenters. The molecule has 0 bridgehead atoms. The highest BCUT2D eigenvalue weighted by Gasteiger charge is 2.43. The van der Waals surface area contributed by atoms with Gasteiger partial charge in [0.2, 0.25) is 0 Å². The molecule has 1 saturated carbocycles. The fraction of sp³-hybridized carbons (Fsp3) is 0.500. The quantitative estimate of drug-likeness (QED) is 0.868. The lowest BCUT2D eigenvalue weighted by molar-refractivity contribution is -0.138. The lowest BCUT2D eigenvalue weighted by Crippen LogP contribution is -2.21. The minimum atomic E-state index is -0.650. The number of aliphatic carboxylic acids is 1. The minimum absolute atomic E-state index is 0.121. The van der Waals surface area contributed by atoms with Crippen molar-refractivity contribution in [2.45, 2.75) is 20.3 Å². The maximum Gasteiger partial charge on any atom is 0.306 e. The molecular weight excluding hydrogens is 214 g/mol. The Morgan fingerprint density at radius 1 is 1.41 bits per heavy atom. The van der Waals surface area contributed by atoms with Gasteiger partial charge in [-0.05, 0) is 49.4 Å². The largest absolute Gasteiger partial charge is 0.481 e. The van der Waals surface area contributed by atoms with Gasteiger partial charge < -0.3 is 10.0 Å². The molecular formula is C14H19NO2. The second-order valence-electron chi connectivity index (χ2n) is 5.09. The molecule has 0 amide bonds. The molecule has 1 aliphatic carbocycles. The van der Waals surface area contributed by atoms with E-state index in [0.717, 1.165) is 13.0 Å². The van der Waals surface area contributed by atoms with Crippen LogP contribution in [0.2, 0.25) is 0 Å². The average molecular weight is 233 g/mol. The summed E-state index contributed by atoms with van der Waals surface area (Å²) in [7, 11) is 2.03. The van der Waals surface area contributed by atoms with E-state index in [1.54, 1.807) is 0 Å². The summed E-state index contributed by atoms with van der Waals surface area (Å²) in [5, 5.41) is 8.87. The van der Waals surface area contributed by atoms with Crippen molar-refractivity contribution in [3.63, 3.8) is 0 Å². The molecule has 92 valence electrons. The molecule has 2 atom stereocenters. The van der Waals surface area contributed by atoms with Crippen molar-refractivity contribution in [2.75, 3.05) is 18.5 Å². The summed E-state index contributed by atoms with van der Waals surface area (Å²) in [5.74, 6) is -0.452. The second-order valence-corrected chi connectivity index (χ2v) is 5.09. The minimum Gasteiger partial charge on any atom is -0.481 e. The van der Waals surface area contributed by atoms with Crippen molar-refractivity contribution in [2.24, 2.45) is 11.8 Å². The Bertz CT molecular complexity index is 442. The molecule has 1 aliphatic rings. The molecule has 1 aromatic rings. The Labute approximate surface area is 102 Å². The topological polar surface area (TPSA) is 40.5 Å². The number of aryl methyl sites for hydroxylation is 2. The standard InChI is InChI=1S/C14H19NO2/c1-9-4-5-12(6-10(9)2)15(3)8-11-7-13(11)14(16)17/h4-6,11,13H,7-8H2,1-3H3,(H,16,17). The Hall–Kier alpha value is -1.51. The van der Waals surface area contributed by atoms with Gasteiger partial charge in [0.15, 0.2) is 0 Å². The molecule has 0 aromatic heterocycles. The average Bonchev–Trinajstić information content (AvgIpc) is 3.01. The molecule has 0 radical (unpaired) electrons. The Balaban J connectivity index is 1.98. The van der Waals surface area contributed by atoms with E-state index in [1.807, 2.05) is 7.05 Å². The summed E-state index contributed by atoms with van der Waals surface area (Å²) in [5.41, 5.74) is 3.74. The van der Waals surface area contributed by atoms with E-state index in [9.17, 15) is 4.79 Å². The van der Waals surface area contributed by atoms with E-state index in [0.29, 0.717) is 5.92 Å². The monoisotopic (exact) mass is 233 g/mol. The summed E-state index contributed by atoms with van der Waals surface area (Å²) < 4.78 is 0. The molecule has 3 heteroatoms. The molecule has 0 heterocycles. The first-order valence-electron chi connectivity index (χ1n) is 6.00. The normalized spacial score (nSPS) is 22.3. The summed E-state index contributed by atoms with van der Waals surface area (Å²) in [6, 6.07) is 6.37. The van der Waals surface area contributed by atoms with Crippen LogP contribution in [0.5, 0.6) is 0 Å². The van der Waals surface area contributed by atoms with Crippen LogP contribution in [0.3, 0.4) is 0 Å². The first-order valence-corrected chi connectivity index (χ1v) is 6.00. The highest BCUT2D eigenvalue weighted by molar-refractivity contribution is 5.73. The zero-order valence-electron chi connectivity index (χ0n) is 10.6. The first kappa shape index (κ1) is 12.0. The number of carboxylic acid groups (broad SMARTS) is 1. The fourth-order valence-corrected chi connectivity index (χ4v) is 2.17. The molecule has 0 saturated heterocycles. The van der Waals surface area contributed by atoms with Gasteiger partial charge in [0.1, 0.15) is 0 Å². The number of benzene rings is 1. The van der Waals surface area contributed by atoms with Crippen LogP contribution in [0, 0.1) is 25.7 Å². The van der Waals surface area contributed by atoms with Gasteiger partial charge in [-0.25, -0.2) is 0 Å². The van der Waals surface area contributed by atoms with Crippen LogP contribution in [0.15, 0.2) is 18.2 Å².